The first kappa shape index (κ1) is 10.4. The van der Waals surface area contributed by atoms with Crippen LogP contribution in [0.1, 0.15) is 15.9 Å². The molecule has 0 radical (unpaired) electrons. The number of aryl methyl sites for hydroxylation is 2. The second-order valence-corrected chi connectivity index (χ2v) is 3.55. The normalized spacial score (nSPS) is 11.1. The van der Waals surface area contributed by atoms with Crippen LogP contribution in [0.4, 0.5) is 0 Å². The summed E-state index contributed by atoms with van der Waals surface area (Å²) in [4.78, 5) is 11.7. The number of aromatic nitrogens is 4. The van der Waals surface area contributed by atoms with E-state index < -0.39 is 0 Å². The smallest absolute Gasteiger partial charge is 0.189 e. The summed E-state index contributed by atoms with van der Waals surface area (Å²) in [5.41, 5.74) is 1.49. The monoisotopic (exact) mass is 216 g/mol. The zero-order valence-corrected chi connectivity index (χ0v) is 9.16. The second-order valence-electron chi connectivity index (χ2n) is 3.55. The first-order valence-electron chi connectivity index (χ1n) is 4.85. The summed E-state index contributed by atoms with van der Waals surface area (Å²) in [6.07, 6.45) is 10.0. The van der Waals surface area contributed by atoms with E-state index in [2.05, 4.69) is 10.2 Å². The Bertz CT molecular complexity index is 536. The molecule has 2 aromatic heterocycles. The fourth-order valence-electron chi connectivity index (χ4n) is 1.34. The lowest BCUT2D eigenvalue weighted by molar-refractivity contribution is 0.104. The summed E-state index contributed by atoms with van der Waals surface area (Å²) in [6, 6.07) is 0. The summed E-state index contributed by atoms with van der Waals surface area (Å²) in [5.74, 6) is -0.0584. The minimum Gasteiger partial charge on any atom is -0.289 e. The van der Waals surface area contributed by atoms with Crippen molar-refractivity contribution in [1.29, 1.82) is 0 Å². The molecule has 2 heterocycles. The molecule has 0 aliphatic rings. The van der Waals surface area contributed by atoms with E-state index in [1.54, 1.807) is 41.1 Å². The molecule has 5 nitrogen and oxygen atoms in total. The molecule has 0 aliphatic heterocycles. The highest BCUT2D eigenvalue weighted by Crippen LogP contribution is 2.03. The van der Waals surface area contributed by atoms with E-state index in [4.69, 9.17) is 0 Å². The van der Waals surface area contributed by atoms with Crippen LogP contribution in [0.3, 0.4) is 0 Å². The van der Waals surface area contributed by atoms with Gasteiger partial charge >= 0.3 is 0 Å². The Morgan fingerprint density at radius 2 is 1.88 bits per heavy atom. The third kappa shape index (κ3) is 2.25. The lowest BCUT2D eigenvalue weighted by Crippen LogP contribution is -1.91. The van der Waals surface area contributed by atoms with Gasteiger partial charge in [0.1, 0.15) is 0 Å². The van der Waals surface area contributed by atoms with Crippen molar-refractivity contribution in [2.24, 2.45) is 14.1 Å². The second kappa shape index (κ2) is 4.14. The molecule has 0 aliphatic carbocycles. The lowest BCUT2D eigenvalue weighted by Gasteiger charge is -1.87. The number of ketones is 1. The van der Waals surface area contributed by atoms with Crippen LogP contribution in [0, 0.1) is 0 Å². The maximum atomic E-state index is 11.7. The predicted molar refractivity (Wildman–Crippen MR) is 59.8 cm³/mol. The van der Waals surface area contributed by atoms with Crippen LogP contribution in [0.15, 0.2) is 30.9 Å². The van der Waals surface area contributed by atoms with Crippen molar-refractivity contribution in [1.82, 2.24) is 19.6 Å². The van der Waals surface area contributed by atoms with Gasteiger partial charge in [-0.05, 0) is 12.2 Å². The van der Waals surface area contributed by atoms with Gasteiger partial charge in [-0.15, -0.1) is 0 Å². The molecule has 0 N–H and O–H groups in total. The minimum absolute atomic E-state index is 0.0584. The van der Waals surface area contributed by atoms with E-state index in [1.807, 2.05) is 13.2 Å². The van der Waals surface area contributed by atoms with Crippen molar-refractivity contribution in [3.05, 3.63) is 42.0 Å². The van der Waals surface area contributed by atoms with Gasteiger partial charge in [0, 0.05) is 32.1 Å². The number of hydrogen-bond donors (Lipinski definition) is 0. The molecule has 2 aromatic rings. The molecule has 0 bridgehead atoms. The number of hydrogen-bond acceptors (Lipinski definition) is 3. The molecule has 0 unspecified atom stereocenters. The van der Waals surface area contributed by atoms with Gasteiger partial charge in [-0.3, -0.25) is 14.2 Å². The quantitative estimate of drug-likeness (QED) is 0.569. The molecule has 0 saturated carbocycles. The largest absolute Gasteiger partial charge is 0.289 e. The highest BCUT2D eigenvalue weighted by atomic mass is 16.1. The maximum absolute atomic E-state index is 11.7. The maximum Gasteiger partial charge on any atom is 0.189 e. The Labute approximate surface area is 93.0 Å². The van der Waals surface area contributed by atoms with Crippen LogP contribution < -0.4 is 0 Å². The van der Waals surface area contributed by atoms with E-state index >= 15 is 0 Å². The molecule has 16 heavy (non-hydrogen) atoms. The van der Waals surface area contributed by atoms with Crippen molar-refractivity contribution in [3.8, 4) is 0 Å². The topological polar surface area (TPSA) is 52.7 Å². The number of carbonyl (C=O) groups excluding carboxylic acids is 1. The fraction of sp³-hybridized carbons (Fsp3) is 0.182. The molecule has 0 amide bonds. The summed E-state index contributed by atoms with van der Waals surface area (Å²) in [7, 11) is 3.61. The van der Waals surface area contributed by atoms with Crippen LogP contribution in [0.2, 0.25) is 0 Å². The SMILES string of the molecule is Cn1cc(C=CC(=O)c2cnn(C)c2)cn1. The van der Waals surface area contributed by atoms with Gasteiger partial charge in [-0.1, -0.05) is 0 Å². The zero-order valence-electron chi connectivity index (χ0n) is 9.16. The van der Waals surface area contributed by atoms with Crippen LogP contribution in [-0.4, -0.2) is 25.3 Å². The van der Waals surface area contributed by atoms with Gasteiger partial charge in [-0.25, -0.2) is 0 Å². The predicted octanol–water partition coefficient (Wildman–Crippen LogP) is 1.05. The van der Waals surface area contributed by atoms with Gasteiger partial charge in [0.15, 0.2) is 5.78 Å². The van der Waals surface area contributed by atoms with Gasteiger partial charge < -0.3 is 0 Å². The van der Waals surface area contributed by atoms with E-state index in [0.717, 1.165) is 5.56 Å². The van der Waals surface area contributed by atoms with Gasteiger partial charge in [-0.2, -0.15) is 10.2 Å². The Morgan fingerprint density at radius 3 is 2.44 bits per heavy atom. The Morgan fingerprint density at radius 1 is 1.19 bits per heavy atom. The first-order chi connectivity index (χ1) is 7.65. The summed E-state index contributed by atoms with van der Waals surface area (Å²) < 4.78 is 3.29. The Kier molecular flexibility index (Phi) is 2.68. The number of carbonyl (C=O) groups is 1. The Hall–Kier alpha value is -2.17. The zero-order chi connectivity index (χ0) is 11.5. The number of allylic oxidation sites excluding steroid dienone is 1. The third-order valence-corrected chi connectivity index (χ3v) is 2.14. The fourth-order valence-corrected chi connectivity index (χ4v) is 1.34. The number of rotatable bonds is 3. The highest BCUT2D eigenvalue weighted by molar-refractivity contribution is 6.06. The molecular weight excluding hydrogens is 204 g/mol. The van der Waals surface area contributed by atoms with Crippen LogP contribution in [0.25, 0.3) is 6.08 Å². The van der Waals surface area contributed by atoms with Gasteiger partial charge in [0.05, 0.1) is 18.0 Å². The molecule has 2 rings (SSSR count). The van der Waals surface area contributed by atoms with E-state index in [1.165, 1.54) is 6.08 Å². The average molecular weight is 216 g/mol. The van der Waals surface area contributed by atoms with Crippen LogP contribution in [-0.2, 0) is 14.1 Å². The van der Waals surface area contributed by atoms with Crippen molar-refractivity contribution in [2.75, 3.05) is 0 Å². The summed E-state index contributed by atoms with van der Waals surface area (Å²) in [6.45, 7) is 0. The van der Waals surface area contributed by atoms with Crippen molar-refractivity contribution < 1.29 is 4.79 Å². The molecule has 0 aromatic carbocycles. The minimum atomic E-state index is -0.0584. The van der Waals surface area contributed by atoms with Crippen LogP contribution >= 0.6 is 0 Å². The highest BCUT2D eigenvalue weighted by Gasteiger charge is 2.03. The standard InChI is InChI=1S/C11H12N4O/c1-14-7-9(5-12-14)3-4-11(16)10-6-13-15(2)8-10/h3-8H,1-2H3. The summed E-state index contributed by atoms with van der Waals surface area (Å²) >= 11 is 0. The van der Waals surface area contributed by atoms with Crippen LogP contribution in [0.5, 0.6) is 0 Å². The third-order valence-electron chi connectivity index (χ3n) is 2.14. The van der Waals surface area contributed by atoms with Crippen molar-refractivity contribution in [2.45, 2.75) is 0 Å². The van der Waals surface area contributed by atoms with E-state index in [9.17, 15) is 4.79 Å². The molecule has 0 atom stereocenters. The Balaban J connectivity index is 2.10. The first-order valence-corrected chi connectivity index (χ1v) is 4.85. The molecule has 0 fully saturated rings. The average Bonchev–Trinajstić information content (AvgIpc) is 2.84. The van der Waals surface area contributed by atoms with E-state index in [0.29, 0.717) is 5.56 Å². The lowest BCUT2D eigenvalue weighted by atomic mass is 10.2. The van der Waals surface area contributed by atoms with Gasteiger partial charge in [0.2, 0.25) is 0 Å². The molecule has 5 heteroatoms. The summed E-state index contributed by atoms with van der Waals surface area (Å²) in [5, 5.41) is 7.95. The van der Waals surface area contributed by atoms with Crippen molar-refractivity contribution >= 4 is 11.9 Å². The molecule has 0 spiro atoms. The number of nitrogens with zero attached hydrogens (tertiary/aromatic N) is 4. The van der Waals surface area contributed by atoms with E-state index in [-0.39, 0.29) is 5.78 Å². The molecule has 0 saturated heterocycles. The molecular formula is C11H12N4O. The van der Waals surface area contributed by atoms with Crippen molar-refractivity contribution in [3.63, 3.8) is 0 Å². The van der Waals surface area contributed by atoms with Gasteiger partial charge in [0.25, 0.3) is 0 Å². The molecule has 82 valence electrons.